The van der Waals surface area contributed by atoms with E-state index >= 15 is 0 Å². The first kappa shape index (κ1) is 11.9. The third kappa shape index (κ3) is 2.37. The SMILES string of the molecule is NCc1nccnc1-c1ccc2c(c1)OCCCO2. The summed E-state index contributed by atoms with van der Waals surface area (Å²) in [5.41, 5.74) is 8.20. The van der Waals surface area contributed by atoms with Crippen molar-refractivity contribution < 1.29 is 9.47 Å². The zero-order valence-electron chi connectivity index (χ0n) is 10.5. The fourth-order valence-electron chi connectivity index (χ4n) is 2.07. The van der Waals surface area contributed by atoms with Gasteiger partial charge in [0, 0.05) is 30.9 Å². The van der Waals surface area contributed by atoms with Gasteiger partial charge >= 0.3 is 0 Å². The standard InChI is InChI=1S/C14H15N3O2/c15-9-11-14(17-5-4-16-11)10-2-3-12-13(8-10)19-7-1-6-18-12/h2-5,8H,1,6-7,9,15H2. The van der Waals surface area contributed by atoms with Crippen molar-refractivity contribution in [1.82, 2.24) is 9.97 Å². The maximum Gasteiger partial charge on any atom is 0.161 e. The molecule has 0 saturated heterocycles. The van der Waals surface area contributed by atoms with Gasteiger partial charge < -0.3 is 15.2 Å². The summed E-state index contributed by atoms with van der Waals surface area (Å²) in [6.07, 6.45) is 4.20. The van der Waals surface area contributed by atoms with Gasteiger partial charge in [0.2, 0.25) is 0 Å². The molecule has 98 valence electrons. The van der Waals surface area contributed by atoms with Gasteiger partial charge in [0.15, 0.2) is 11.5 Å². The second-order valence-electron chi connectivity index (χ2n) is 4.27. The van der Waals surface area contributed by atoms with Gasteiger partial charge in [-0.05, 0) is 18.2 Å². The van der Waals surface area contributed by atoms with Crippen LogP contribution in [-0.2, 0) is 6.54 Å². The van der Waals surface area contributed by atoms with E-state index < -0.39 is 0 Å². The van der Waals surface area contributed by atoms with E-state index in [1.165, 1.54) is 0 Å². The van der Waals surface area contributed by atoms with E-state index in [9.17, 15) is 0 Å². The largest absolute Gasteiger partial charge is 0.490 e. The van der Waals surface area contributed by atoms with Crippen molar-refractivity contribution in [1.29, 1.82) is 0 Å². The van der Waals surface area contributed by atoms with E-state index in [0.29, 0.717) is 19.8 Å². The Balaban J connectivity index is 2.04. The minimum atomic E-state index is 0.359. The number of hydrogen-bond donors (Lipinski definition) is 1. The van der Waals surface area contributed by atoms with E-state index in [4.69, 9.17) is 15.2 Å². The van der Waals surface area contributed by atoms with Gasteiger partial charge in [-0.25, -0.2) is 0 Å². The molecule has 0 atom stereocenters. The van der Waals surface area contributed by atoms with Crippen molar-refractivity contribution in [2.75, 3.05) is 13.2 Å². The minimum absolute atomic E-state index is 0.359. The summed E-state index contributed by atoms with van der Waals surface area (Å²) in [6, 6.07) is 5.80. The molecule has 1 aromatic carbocycles. The second-order valence-corrected chi connectivity index (χ2v) is 4.27. The van der Waals surface area contributed by atoms with Crippen LogP contribution in [0, 0.1) is 0 Å². The first-order valence-electron chi connectivity index (χ1n) is 6.28. The van der Waals surface area contributed by atoms with Crippen LogP contribution in [0.1, 0.15) is 12.1 Å². The summed E-state index contributed by atoms with van der Waals surface area (Å²) >= 11 is 0. The molecule has 0 radical (unpaired) electrons. The molecule has 5 heteroatoms. The van der Waals surface area contributed by atoms with Gasteiger partial charge in [-0.3, -0.25) is 9.97 Å². The molecule has 0 unspecified atom stereocenters. The van der Waals surface area contributed by atoms with E-state index in [1.54, 1.807) is 12.4 Å². The third-order valence-electron chi connectivity index (χ3n) is 2.99. The lowest BCUT2D eigenvalue weighted by molar-refractivity contribution is 0.297. The predicted molar refractivity (Wildman–Crippen MR) is 71.0 cm³/mol. The van der Waals surface area contributed by atoms with E-state index in [-0.39, 0.29) is 0 Å². The molecule has 1 aliphatic rings. The van der Waals surface area contributed by atoms with Crippen molar-refractivity contribution in [2.24, 2.45) is 5.73 Å². The Hall–Kier alpha value is -2.14. The molecule has 5 nitrogen and oxygen atoms in total. The van der Waals surface area contributed by atoms with E-state index in [1.807, 2.05) is 18.2 Å². The molecule has 1 aliphatic heterocycles. The summed E-state index contributed by atoms with van der Waals surface area (Å²) < 4.78 is 11.3. The van der Waals surface area contributed by atoms with Crippen LogP contribution in [0.5, 0.6) is 11.5 Å². The van der Waals surface area contributed by atoms with Gasteiger partial charge in [-0.2, -0.15) is 0 Å². The highest BCUT2D eigenvalue weighted by atomic mass is 16.5. The summed E-state index contributed by atoms with van der Waals surface area (Å²) in [5.74, 6) is 1.53. The highest BCUT2D eigenvalue weighted by molar-refractivity contribution is 5.65. The molecular weight excluding hydrogens is 242 g/mol. The first-order chi connectivity index (χ1) is 9.38. The van der Waals surface area contributed by atoms with Crippen LogP contribution in [0.4, 0.5) is 0 Å². The minimum Gasteiger partial charge on any atom is -0.490 e. The molecule has 3 rings (SSSR count). The summed E-state index contributed by atoms with van der Waals surface area (Å²) in [4.78, 5) is 8.60. The van der Waals surface area contributed by atoms with Gasteiger partial charge in [-0.15, -0.1) is 0 Å². The molecule has 0 saturated carbocycles. The fraction of sp³-hybridized carbons (Fsp3) is 0.286. The molecule has 0 bridgehead atoms. The number of hydrogen-bond acceptors (Lipinski definition) is 5. The number of aromatic nitrogens is 2. The monoisotopic (exact) mass is 257 g/mol. The molecule has 2 N–H and O–H groups in total. The normalized spacial score (nSPS) is 13.9. The zero-order chi connectivity index (χ0) is 13.1. The molecule has 19 heavy (non-hydrogen) atoms. The molecule has 0 fully saturated rings. The third-order valence-corrected chi connectivity index (χ3v) is 2.99. The van der Waals surface area contributed by atoms with Crippen LogP contribution in [0.3, 0.4) is 0 Å². The van der Waals surface area contributed by atoms with Crippen molar-refractivity contribution >= 4 is 0 Å². The van der Waals surface area contributed by atoms with Gasteiger partial charge in [-0.1, -0.05) is 0 Å². The average molecular weight is 257 g/mol. The number of rotatable bonds is 2. The maximum absolute atomic E-state index is 5.69. The number of ether oxygens (including phenoxy) is 2. The summed E-state index contributed by atoms with van der Waals surface area (Å²) in [5, 5.41) is 0. The lowest BCUT2D eigenvalue weighted by atomic mass is 10.1. The highest BCUT2D eigenvalue weighted by Crippen LogP contribution is 2.34. The molecule has 1 aromatic heterocycles. The molecule has 0 aliphatic carbocycles. The fourth-order valence-corrected chi connectivity index (χ4v) is 2.07. The van der Waals surface area contributed by atoms with Crippen LogP contribution < -0.4 is 15.2 Å². The van der Waals surface area contributed by atoms with Crippen LogP contribution >= 0.6 is 0 Å². The van der Waals surface area contributed by atoms with Crippen LogP contribution in [0.2, 0.25) is 0 Å². The van der Waals surface area contributed by atoms with Gasteiger partial charge in [0.05, 0.1) is 24.6 Å². The van der Waals surface area contributed by atoms with Gasteiger partial charge in [0.25, 0.3) is 0 Å². The number of nitrogens with zero attached hydrogens (tertiary/aromatic N) is 2. The quantitative estimate of drug-likeness (QED) is 0.887. The van der Waals surface area contributed by atoms with E-state index in [0.717, 1.165) is 34.9 Å². The smallest absolute Gasteiger partial charge is 0.161 e. The number of fused-ring (bicyclic) bond motifs is 1. The Bertz CT molecular complexity index is 587. The second kappa shape index (κ2) is 5.24. The first-order valence-corrected chi connectivity index (χ1v) is 6.28. The molecule has 2 aromatic rings. The van der Waals surface area contributed by atoms with Crippen molar-refractivity contribution in [3.63, 3.8) is 0 Å². The summed E-state index contributed by atoms with van der Waals surface area (Å²) in [6.45, 7) is 1.71. The lowest BCUT2D eigenvalue weighted by Gasteiger charge is -2.10. The average Bonchev–Trinajstić information content (AvgIpc) is 2.71. The van der Waals surface area contributed by atoms with Crippen LogP contribution in [0.15, 0.2) is 30.6 Å². The Kier molecular flexibility index (Phi) is 3.29. The Labute approximate surface area is 111 Å². The number of benzene rings is 1. The van der Waals surface area contributed by atoms with Crippen LogP contribution in [-0.4, -0.2) is 23.2 Å². The van der Waals surface area contributed by atoms with Crippen molar-refractivity contribution in [3.05, 3.63) is 36.3 Å². The lowest BCUT2D eigenvalue weighted by Crippen LogP contribution is -2.03. The maximum atomic E-state index is 5.69. The van der Waals surface area contributed by atoms with Crippen molar-refractivity contribution in [2.45, 2.75) is 13.0 Å². The van der Waals surface area contributed by atoms with Gasteiger partial charge in [0.1, 0.15) is 0 Å². The van der Waals surface area contributed by atoms with E-state index in [2.05, 4.69) is 9.97 Å². The number of nitrogens with two attached hydrogens (primary N) is 1. The summed E-state index contributed by atoms with van der Waals surface area (Å²) in [7, 11) is 0. The Morgan fingerprint density at radius 3 is 2.68 bits per heavy atom. The van der Waals surface area contributed by atoms with Crippen LogP contribution in [0.25, 0.3) is 11.3 Å². The predicted octanol–water partition coefficient (Wildman–Crippen LogP) is 1.76. The zero-order valence-corrected chi connectivity index (χ0v) is 10.5. The van der Waals surface area contributed by atoms with Crippen molar-refractivity contribution in [3.8, 4) is 22.8 Å². The highest BCUT2D eigenvalue weighted by Gasteiger charge is 2.13. The molecule has 2 heterocycles. The Morgan fingerprint density at radius 1 is 1.05 bits per heavy atom. The molecule has 0 amide bonds. The molecule has 0 spiro atoms. The molecular formula is C14H15N3O2. The topological polar surface area (TPSA) is 70.3 Å². The Morgan fingerprint density at radius 2 is 1.84 bits per heavy atom.